The van der Waals surface area contributed by atoms with Crippen molar-refractivity contribution >= 4 is 10.0 Å². The molecule has 0 radical (unpaired) electrons. The third-order valence-corrected chi connectivity index (χ3v) is 3.66. The minimum Gasteiger partial charge on any atom is -0.328 e. The maximum atomic E-state index is 13.3. The fraction of sp³-hybridized carbons (Fsp3) is 0.400. The van der Waals surface area contributed by atoms with Crippen molar-refractivity contribution in [2.45, 2.75) is 24.3 Å². The summed E-state index contributed by atoms with van der Waals surface area (Å²) in [5.74, 6) is -4.99. The first-order valence-corrected chi connectivity index (χ1v) is 6.62. The van der Waals surface area contributed by atoms with Gasteiger partial charge in [-0.3, -0.25) is 0 Å². The highest BCUT2D eigenvalue weighted by Gasteiger charge is 2.23. The van der Waals surface area contributed by atoms with Crippen molar-refractivity contribution < 1.29 is 21.6 Å². The quantitative estimate of drug-likeness (QED) is 0.795. The summed E-state index contributed by atoms with van der Waals surface area (Å²) >= 11 is 0. The highest BCUT2D eigenvalue weighted by atomic mass is 32.2. The topological polar surface area (TPSA) is 72.2 Å². The summed E-state index contributed by atoms with van der Waals surface area (Å²) in [4.78, 5) is -0.925. The summed E-state index contributed by atoms with van der Waals surface area (Å²) in [6.07, 6.45) is 0.338. The second kappa shape index (κ2) is 5.68. The number of rotatable bonds is 5. The van der Waals surface area contributed by atoms with E-state index in [0.29, 0.717) is 18.6 Å². The van der Waals surface area contributed by atoms with Crippen LogP contribution < -0.4 is 10.5 Å². The van der Waals surface area contributed by atoms with E-state index < -0.39 is 32.4 Å². The molecule has 0 saturated carbocycles. The highest BCUT2D eigenvalue weighted by Crippen LogP contribution is 2.19. The third kappa shape index (κ3) is 3.44. The van der Waals surface area contributed by atoms with Crippen LogP contribution >= 0.6 is 0 Å². The van der Waals surface area contributed by atoms with Crippen molar-refractivity contribution in [2.24, 2.45) is 5.73 Å². The van der Waals surface area contributed by atoms with Gasteiger partial charge in [-0.05, 0) is 25.5 Å². The Morgan fingerprint density at radius 3 is 2.44 bits per heavy atom. The molecule has 1 atom stereocenters. The fourth-order valence-electron chi connectivity index (χ4n) is 1.21. The van der Waals surface area contributed by atoms with Crippen LogP contribution in [0.3, 0.4) is 0 Å². The predicted octanol–water partition coefficient (Wildman–Crippen LogP) is 1.12. The Kier molecular flexibility index (Phi) is 4.71. The van der Waals surface area contributed by atoms with E-state index in [9.17, 15) is 21.6 Å². The average Bonchev–Trinajstić information content (AvgIpc) is 2.24. The maximum absolute atomic E-state index is 13.3. The number of hydrogen-bond donors (Lipinski definition) is 2. The molecule has 0 saturated heterocycles. The number of benzene rings is 1. The van der Waals surface area contributed by atoms with Gasteiger partial charge in [-0.25, -0.2) is 26.3 Å². The molecule has 1 aromatic carbocycles. The van der Waals surface area contributed by atoms with Crippen LogP contribution in [-0.2, 0) is 10.0 Å². The molecule has 1 unspecified atom stereocenters. The van der Waals surface area contributed by atoms with Gasteiger partial charge in [-0.2, -0.15) is 0 Å². The molecule has 0 aliphatic rings. The number of halogens is 3. The van der Waals surface area contributed by atoms with Gasteiger partial charge in [0.2, 0.25) is 10.0 Å². The summed E-state index contributed by atoms with van der Waals surface area (Å²) < 4.78 is 64.1. The summed E-state index contributed by atoms with van der Waals surface area (Å²) in [7, 11) is -4.21. The summed E-state index contributed by atoms with van der Waals surface area (Å²) in [6, 6.07) is 0.989. The monoisotopic (exact) mass is 282 g/mol. The van der Waals surface area contributed by atoms with E-state index in [-0.39, 0.29) is 12.6 Å². The van der Waals surface area contributed by atoms with Gasteiger partial charge < -0.3 is 5.73 Å². The number of nitrogens with two attached hydrogens (primary N) is 1. The lowest BCUT2D eigenvalue weighted by molar-refractivity contribution is 0.431. The number of nitrogens with one attached hydrogen (secondary N) is 1. The summed E-state index contributed by atoms with van der Waals surface area (Å²) in [6.45, 7) is 1.66. The first-order chi connectivity index (χ1) is 8.25. The molecule has 0 spiro atoms. The fourth-order valence-corrected chi connectivity index (χ4v) is 2.33. The highest BCUT2D eigenvalue weighted by molar-refractivity contribution is 7.89. The van der Waals surface area contributed by atoms with Gasteiger partial charge in [-0.15, -0.1) is 0 Å². The minimum absolute atomic E-state index is 0.0154. The predicted molar refractivity (Wildman–Crippen MR) is 59.8 cm³/mol. The minimum atomic E-state index is -4.21. The van der Waals surface area contributed by atoms with Crippen molar-refractivity contribution in [2.75, 3.05) is 6.54 Å². The van der Waals surface area contributed by atoms with Crippen LogP contribution in [-0.4, -0.2) is 21.0 Å². The Morgan fingerprint density at radius 2 is 1.89 bits per heavy atom. The van der Waals surface area contributed by atoms with Gasteiger partial charge in [-0.1, -0.05) is 0 Å². The Balaban J connectivity index is 2.96. The lowest BCUT2D eigenvalue weighted by atomic mass is 10.3. The van der Waals surface area contributed by atoms with Gasteiger partial charge in [0.1, 0.15) is 4.90 Å². The lowest BCUT2D eigenvalue weighted by Crippen LogP contribution is -2.29. The molecule has 1 rings (SSSR count). The zero-order chi connectivity index (χ0) is 13.9. The summed E-state index contributed by atoms with van der Waals surface area (Å²) in [5.41, 5.74) is 5.42. The van der Waals surface area contributed by atoms with Crippen LogP contribution in [0.4, 0.5) is 13.2 Å². The molecule has 0 aliphatic heterocycles. The van der Waals surface area contributed by atoms with Crippen molar-refractivity contribution in [3.05, 3.63) is 29.6 Å². The maximum Gasteiger partial charge on any atom is 0.243 e. The largest absolute Gasteiger partial charge is 0.328 e. The molecule has 0 amide bonds. The van der Waals surface area contributed by atoms with Gasteiger partial charge in [0.15, 0.2) is 17.5 Å². The van der Waals surface area contributed by atoms with E-state index in [1.165, 1.54) is 0 Å². The Morgan fingerprint density at radius 1 is 1.28 bits per heavy atom. The molecule has 18 heavy (non-hydrogen) atoms. The molecule has 102 valence electrons. The van der Waals surface area contributed by atoms with Crippen molar-refractivity contribution in [3.8, 4) is 0 Å². The number of sulfonamides is 1. The molecular weight excluding hydrogens is 269 g/mol. The molecule has 4 nitrogen and oxygen atoms in total. The molecule has 0 bridgehead atoms. The molecule has 0 aliphatic carbocycles. The number of hydrogen-bond acceptors (Lipinski definition) is 3. The van der Waals surface area contributed by atoms with E-state index >= 15 is 0 Å². The van der Waals surface area contributed by atoms with Gasteiger partial charge in [0.25, 0.3) is 0 Å². The molecule has 0 fully saturated rings. The van der Waals surface area contributed by atoms with Crippen LogP contribution in [0.1, 0.15) is 13.3 Å². The van der Waals surface area contributed by atoms with Gasteiger partial charge >= 0.3 is 0 Å². The zero-order valence-electron chi connectivity index (χ0n) is 9.58. The second-order valence-corrected chi connectivity index (χ2v) is 5.57. The van der Waals surface area contributed by atoms with Crippen LogP contribution in [0.2, 0.25) is 0 Å². The molecule has 1 aromatic rings. The van der Waals surface area contributed by atoms with E-state index in [1.54, 1.807) is 6.92 Å². The standard InChI is InChI=1S/C10H13F3N2O2S/c1-6(14)4-5-15-18(16,17)8-3-2-7(11)9(12)10(8)13/h2-3,6,15H,4-5,14H2,1H3. The molecular formula is C10H13F3N2O2S. The molecule has 3 N–H and O–H groups in total. The third-order valence-electron chi connectivity index (χ3n) is 2.18. The lowest BCUT2D eigenvalue weighted by Gasteiger charge is -2.09. The van der Waals surface area contributed by atoms with Gasteiger partial charge in [0, 0.05) is 12.6 Å². The van der Waals surface area contributed by atoms with Crippen LogP contribution in [0, 0.1) is 17.5 Å². The average molecular weight is 282 g/mol. The first kappa shape index (κ1) is 14.9. The zero-order valence-corrected chi connectivity index (χ0v) is 10.4. The Labute approximate surface area is 103 Å². The normalized spacial score (nSPS) is 13.6. The van der Waals surface area contributed by atoms with E-state index in [0.717, 1.165) is 0 Å². The second-order valence-electron chi connectivity index (χ2n) is 3.84. The Hall–Kier alpha value is -1.12. The first-order valence-electron chi connectivity index (χ1n) is 5.14. The van der Waals surface area contributed by atoms with Crippen LogP contribution in [0.5, 0.6) is 0 Å². The van der Waals surface area contributed by atoms with Crippen LogP contribution in [0.25, 0.3) is 0 Å². The van der Waals surface area contributed by atoms with Crippen molar-refractivity contribution in [3.63, 3.8) is 0 Å². The van der Waals surface area contributed by atoms with E-state index in [1.807, 2.05) is 0 Å². The molecule has 0 heterocycles. The van der Waals surface area contributed by atoms with Crippen molar-refractivity contribution in [1.29, 1.82) is 0 Å². The smallest absolute Gasteiger partial charge is 0.243 e. The summed E-state index contributed by atoms with van der Waals surface area (Å²) in [5, 5.41) is 0. The van der Waals surface area contributed by atoms with Crippen LogP contribution in [0.15, 0.2) is 17.0 Å². The van der Waals surface area contributed by atoms with E-state index in [4.69, 9.17) is 5.73 Å². The van der Waals surface area contributed by atoms with Gasteiger partial charge in [0.05, 0.1) is 0 Å². The molecule has 0 aromatic heterocycles. The molecule has 8 heteroatoms. The Bertz CT molecular complexity index is 532. The van der Waals surface area contributed by atoms with E-state index in [2.05, 4.69) is 4.72 Å². The SMILES string of the molecule is CC(N)CCNS(=O)(=O)c1ccc(F)c(F)c1F. The van der Waals surface area contributed by atoms with Crippen molar-refractivity contribution in [1.82, 2.24) is 4.72 Å².